The van der Waals surface area contributed by atoms with E-state index in [2.05, 4.69) is 34.0 Å². The van der Waals surface area contributed by atoms with E-state index < -0.39 is 0 Å². The van der Waals surface area contributed by atoms with Crippen molar-refractivity contribution in [3.63, 3.8) is 0 Å². The van der Waals surface area contributed by atoms with Crippen molar-refractivity contribution in [2.45, 2.75) is 46.2 Å². The van der Waals surface area contributed by atoms with Gasteiger partial charge in [0.25, 0.3) is 0 Å². The Morgan fingerprint density at radius 1 is 1.43 bits per heavy atom. The highest BCUT2D eigenvalue weighted by molar-refractivity contribution is 5.84. The fraction of sp³-hybridized carbons (Fsp3) is 0.500. The molecule has 1 N–H and O–H groups in total. The minimum absolute atomic E-state index is 0.121. The molecule has 21 heavy (non-hydrogen) atoms. The van der Waals surface area contributed by atoms with Gasteiger partial charge in [-0.2, -0.15) is 5.10 Å². The van der Waals surface area contributed by atoms with Gasteiger partial charge in [-0.25, -0.2) is 0 Å². The van der Waals surface area contributed by atoms with Crippen LogP contribution in [0.2, 0.25) is 0 Å². The van der Waals surface area contributed by atoms with Gasteiger partial charge in [-0.15, -0.1) is 0 Å². The Hall–Kier alpha value is -2.04. The Morgan fingerprint density at radius 2 is 2.19 bits per heavy atom. The van der Waals surface area contributed by atoms with Gasteiger partial charge >= 0.3 is 0 Å². The fourth-order valence-electron chi connectivity index (χ4n) is 3.45. The normalized spacial score (nSPS) is 19.4. The number of carbonyl (C=O) groups is 1. The predicted octanol–water partition coefficient (Wildman–Crippen LogP) is 2.53. The number of hydrogen-bond acceptors (Lipinski definition) is 2. The van der Waals surface area contributed by atoms with Crippen LogP contribution in [-0.4, -0.2) is 32.1 Å². The predicted molar refractivity (Wildman–Crippen MR) is 81.0 cm³/mol. The zero-order valence-electron chi connectivity index (χ0n) is 13.1. The summed E-state index contributed by atoms with van der Waals surface area (Å²) in [5.74, 6) is 0.0234. The Morgan fingerprint density at radius 3 is 2.86 bits per heavy atom. The number of hydrogen-bond donors (Lipinski definition) is 1. The highest BCUT2D eigenvalue weighted by atomic mass is 16.2. The third kappa shape index (κ3) is 2.17. The number of fused-ring (bicyclic) bond motifs is 1. The van der Waals surface area contributed by atoms with Crippen LogP contribution in [0.15, 0.2) is 18.3 Å². The molecule has 0 fully saturated rings. The number of carbonyl (C=O) groups excluding carboxylic acids is 1. The smallest absolute Gasteiger partial charge is 0.230 e. The summed E-state index contributed by atoms with van der Waals surface area (Å²) in [4.78, 5) is 14.9. The molecular formula is C16H22N4O. The highest BCUT2D eigenvalue weighted by Crippen LogP contribution is 2.30. The quantitative estimate of drug-likeness (QED) is 0.922. The lowest BCUT2D eigenvalue weighted by atomic mass is 9.96. The van der Waals surface area contributed by atoms with E-state index in [9.17, 15) is 4.79 Å². The summed E-state index contributed by atoms with van der Waals surface area (Å²) in [6.07, 6.45) is 2.08. The van der Waals surface area contributed by atoms with Gasteiger partial charge in [-0.05, 0) is 39.8 Å². The van der Waals surface area contributed by atoms with Crippen LogP contribution in [0, 0.1) is 13.8 Å². The standard InChI is InChI=1S/C16H22N4O/c1-10(15-11(2)17-18-12(15)3)16(21)20-9-8-19-7-5-6-14(19)13(20)4/h5-7,10,13H,8-9H2,1-4H3,(H,17,18). The number of aromatic amines is 1. The fourth-order valence-corrected chi connectivity index (χ4v) is 3.45. The molecule has 0 saturated heterocycles. The second-order valence-corrected chi connectivity index (χ2v) is 5.90. The van der Waals surface area contributed by atoms with Gasteiger partial charge in [0.05, 0.1) is 17.7 Å². The minimum Gasteiger partial charge on any atom is -0.348 e. The van der Waals surface area contributed by atoms with Crippen LogP contribution in [0.25, 0.3) is 0 Å². The number of rotatable bonds is 2. The molecule has 2 aromatic rings. The summed E-state index contributed by atoms with van der Waals surface area (Å²) < 4.78 is 2.23. The van der Waals surface area contributed by atoms with E-state index in [1.165, 1.54) is 5.69 Å². The summed E-state index contributed by atoms with van der Waals surface area (Å²) in [5.41, 5.74) is 4.15. The molecule has 2 unspecified atom stereocenters. The van der Waals surface area contributed by atoms with E-state index >= 15 is 0 Å². The second kappa shape index (κ2) is 5.06. The van der Waals surface area contributed by atoms with Gasteiger partial charge in [0, 0.05) is 36.2 Å². The molecule has 2 atom stereocenters. The Bertz CT molecular complexity index is 650. The first kappa shape index (κ1) is 13.9. The molecule has 0 radical (unpaired) electrons. The third-order valence-corrected chi connectivity index (χ3v) is 4.61. The number of aromatic nitrogens is 3. The lowest BCUT2D eigenvalue weighted by Crippen LogP contribution is -2.42. The first-order valence-corrected chi connectivity index (χ1v) is 7.47. The summed E-state index contributed by atoms with van der Waals surface area (Å²) in [6, 6.07) is 4.27. The summed E-state index contributed by atoms with van der Waals surface area (Å²) in [5, 5.41) is 7.19. The van der Waals surface area contributed by atoms with E-state index in [0.29, 0.717) is 0 Å². The molecule has 2 aromatic heterocycles. The zero-order chi connectivity index (χ0) is 15.1. The molecule has 0 aromatic carbocycles. The SMILES string of the molecule is Cc1n[nH]c(C)c1C(C)C(=O)N1CCn2cccc2C1C. The molecule has 0 aliphatic carbocycles. The molecule has 1 aliphatic heterocycles. The summed E-state index contributed by atoms with van der Waals surface area (Å²) in [7, 11) is 0. The lowest BCUT2D eigenvalue weighted by molar-refractivity contribution is -0.135. The van der Waals surface area contributed by atoms with Gasteiger partial charge in [0.1, 0.15) is 0 Å². The van der Waals surface area contributed by atoms with Gasteiger partial charge in [-0.1, -0.05) is 0 Å². The largest absolute Gasteiger partial charge is 0.348 e. The molecule has 3 rings (SSSR count). The van der Waals surface area contributed by atoms with E-state index in [1.54, 1.807) is 0 Å². The van der Waals surface area contributed by atoms with Crippen molar-refractivity contribution in [1.82, 2.24) is 19.7 Å². The average Bonchev–Trinajstić information content (AvgIpc) is 3.05. The Labute approximate surface area is 125 Å². The van der Waals surface area contributed by atoms with Gasteiger partial charge in [0.2, 0.25) is 5.91 Å². The Balaban J connectivity index is 1.86. The van der Waals surface area contributed by atoms with Crippen molar-refractivity contribution in [1.29, 1.82) is 0 Å². The van der Waals surface area contributed by atoms with Crippen LogP contribution in [-0.2, 0) is 11.3 Å². The van der Waals surface area contributed by atoms with Crippen LogP contribution in [0.4, 0.5) is 0 Å². The number of nitrogens with zero attached hydrogens (tertiary/aromatic N) is 3. The van der Waals surface area contributed by atoms with Crippen molar-refractivity contribution in [2.75, 3.05) is 6.54 Å². The molecule has 112 valence electrons. The zero-order valence-corrected chi connectivity index (χ0v) is 13.1. The molecule has 3 heterocycles. The number of H-pyrrole nitrogens is 1. The number of aryl methyl sites for hydroxylation is 2. The maximum atomic E-state index is 12.9. The van der Waals surface area contributed by atoms with Crippen molar-refractivity contribution in [3.05, 3.63) is 41.0 Å². The molecule has 0 spiro atoms. The molecule has 5 heteroatoms. The van der Waals surface area contributed by atoms with Crippen molar-refractivity contribution in [3.8, 4) is 0 Å². The maximum absolute atomic E-state index is 12.9. The van der Waals surface area contributed by atoms with E-state index in [0.717, 1.165) is 30.0 Å². The molecule has 1 amide bonds. The Kier molecular flexibility index (Phi) is 3.35. The second-order valence-electron chi connectivity index (χ2n) is 5.90. The van der Waals surface area contributed by atoms with Gasteiger partial charge in [0.15, 0.2) is 0 Å². The molecule has 1 aliphatic rings. The van der Waals surface area contributed by atoms with Crippen molar-refractivity contribution >= 4 is 5.91 Å². The highest BCUT2D eigenvalue weighted by Gasteiger charge is 2.32. The van der Waals surface area contributed by atoms with E-state index in [-0.39, 0.29) is 17.9 Å². The van der Waals surface area contributed by atoms with Gasteiger partial charge < -0.3 is 9.47 Å². The summed E-state index contributed by atoms with van der Waals surface area (Å²) >= 11 is 0. The number of amides is 1. The molecule has 0 bridgehead atoms. The van der Waals surface area contributed by atoms with Crippen LogP contribution >= 0.6 is 0 Å². The minimum atomic E-state index is -0.160. The average molecular weight is 286 g/mol. The topological polar surface area (TPSA) is 53.9 Å². The van der Waals surface area contributed by atoms with Crippen LogP contribution < -0.4 is 0 Å². The first-order valence-electron chi connectivity index (χ1n) is 7.47. The van der Waals surface area contributed by atoms with Gasteiger partial charge in [-0.3, -0.25) is 9.89 Å². The lowest BCUT2D eigenvalue weighted by Gasteiger charge is -2.36. The van der Waals surface area contributed by atoms with Crippen LogP contribution in [0.1, 0.15) is 48.5 Å². The van der Waals surface area contributed by atoms with E-state index in [4.69, 9.17) is 0 Å². The molecule has 0 saturated carbocycles. The third-order valence-electron chi connectivity index (χ3n) is 4.61. The van der Waals surface area contributed by atoms with Crippen molar-refractivity contribution < 1.29 is 4.79 Å². The molecular weight excluding hydrogens is 264 g/mol. The maximum Gasteiger partial charge on any atom is 0.230 e. The van der Waals surface area contributed by atoms with Crippen LogP contribution in [0.5, 0.6) is 0 Å². The summed E-state index contributed by atoms with van der Waals surface area (Å²) in [6.45, 7) is 9.64. The molecule has 5 nitrogen and oxygen atoms in total. The van der Waals surface area contributed by atoms with E-state index in [1.807, 2.05) is 31.7 Å². The number of nitrogens with one attached hydrogen (secondary N) is 1. The monoisotopic (exact) mass is 286 g/mol. The first-order chi connectivity index (χ1) is 10.0. The van der Waals surface area contributed by atoms with Crippen LogP contribution in [0.3, 0.4) is 0 Å². The van der Waals surface area contributed by atoms with Crippen molar-refractivity contribution in [2.24, 2.45) is 0 Å².